The predicted molar refractivity (Wildman–Crippen MR) is 39.3 cm³/mol. The Bertz CT molecular complexity index is 160. The van der Waals surface area contributed by atoms with Crippen LogP contribution < -0.4 is 0 Å². The lowest BCUT2D eigenvalue weighted by Gasteiger charge is -2.19. The molecule has 1 aliphatic heterocycles. The molecule has 0 aromatic carbocycles. The number of aliphatic hydroxyl groups is 1. The van der Waals surface area contributed by atoms with Gasteiger partial charge < -0.3 is 10.2 Å². The highest BCUT2D eigenvalue weighted by molar-refractivity contribution is 5.72. The van der Waals surface area contributed by atoms with E-state index in [4.69, 9.17) is 10.2 Å². The number of carboxylic acid groups (broad SMARTS) is 1. The smallest absolute Gasteiger partial charge is 0.320 e. The second kappa shape index (κ2) is 3.19. The number of nitrogens with zero attached hydrogens (tertiary/aromatic N) is 1. The zero-order valence-electron chi connectivity index (χ0n) is 6.53. The summed E-state index contributed by atoms with van der Waals surface area (Å²) in [7, 11) is 0. The first-order chi connectivity index (χ1) is 5.11. The number of rotatable bonds is 2. The molecule has 2 N–H and O–H groups in total. The summed E-state index contributed by atoms with van der Waals surface area (Å²) in [4.78, 5) is 12.2. The molecule has 0 spiro atoms. The van der Waals surface area contributed by atoms with Crippen LogP contribution in [0, 0.1) is 0 Å². The van der Waals surface area contributed by atoms with Crippen LogP contribution in [0.2, 0.25) is 0 Å². The summed E-state index contributed by atoms with van der Waals surface area (Å²) in [5.41, 5.74) is 0. The van der Waals surface area contributed by atoms with Crippen molar-refractivity contribution in [1.29, 1.82) is 0 Å². The van der Waals surface area contributed by atoms with Crippen molar-refractivity contribution in [3.8, 4) is 0 Å². The SMILES string of the molecule is CC(C(=O)O)N1CC[C@@H](O)C1. The van der Waals surface area contributed by atoms with Crippen LogP contribution in [0.3, 0.4) is 0 Å². The second-order valence-corrected chi connectivity index (χ2v) is 2.95. The Kier molecular flexibility index (Phi) is 2.46. The summed E-state index contributed by atoms with van der Waals surface area (Å²) in [6.45, 7) is 2.82. The quantitative estimate of drug-likeness (QED) is 0.571. The van der Waals surface area contributed by atoms with E-state index in [-0.39, 0.29) is 6.10 Å². The van der Waals surface area contributed by atoms with Gasteiger partial charge in [0, 0.05) is 13.1 Å². The first-order valence-electron chi connectivity index (χ1n) is 3.76. The standard InChI is InChI=1S/C7H13NO3/c1-5(7(10)11)8-3-2-6(9)4-8/h5-6,9H,2-4H2,1H3,(H,10,11)/t5?,6-/m1/s1. The zero-order chi connectivity index (χ0) is 8.43. The fourth-order valence-electron chi connectivity index (χ4n) is 1.28. The predicted octanol–water partition coefficient (Wildman–Crippen LogP) is -0.474. The lowest BCUT2D eigenvalue weighted by Crippen LogP contribution is -2.37. The highest BCUT2D eigenvalue weighted by Crippen LogP contribution is 2.11. The molecule has 2 atom stereocenters. The topological polar surface area (TPSA) is 60.8 Å². The summed E-state index contributed by atoms with van der Waals surface area (Å²) >= 11 is 0. The summed E-state index contributed by atoms with van der Waals surface area (Å²) in [6, 6.07) is -0.466. The van der Waals surface area contributed by atoms with E-state index < -0.39 is 12.0 Å². The molecule has 64 valence electrons. The molecule has 11 heavy (non-hydrogen) atoms. The molecule has 0 radical (unpaired) electrons. The Morgan fingerprint density at radius 2 is 2.36 bits per heavy atom. The van der Waals surface area contributed by atoms with E-state index >= 15 is 0 Å². The molecule has 0 aromatic heterocycles. The maximum Gasteiger partial charge on any atom is 0.320 e. The fourth-order valence-corrected chi connectivity index (χ4v) is 1.28. The van der Waals surface area contributed by atoms with Gasteiger partial charge in [-0.2, -0.15) is 0 Å². The normalized spacial score (nSPS) is 28.7. The van der Waals surface area contributed by atoms with Crippen LogP contribution in [-0.2, 0) is 4.79 Å². The number of aliphatic hydroxyl groups excluding tert-OH is 1. The van der Waals surface area contributed by atoms with Gasteiger partial charge in [-0.05, 0) is 13.3 Å². The Balaban J connectivity index is 2.43. The van der Waals surface area contributed by atoms with Crippen LogP contribution in [0.15, 0.2) is 0 Å². The summed E-state index contributed by atoms with van der Waals surface area (Å²) in [5.74, 6) is -0.820. The minimum atomic E-state index is -0.820. The van der Waals surface area contributed by atoms with Crippen LogP contribution >= 0.6 is 0 Å². The van der Waals surface area contributed by atoms with Crippen LogP contribution in [0.5, 0.6) is 0 Å². The van der Waals surface area contributed by atoms with Gasteiger partial charge in [0.2, 0.25) is 0 Å². The third-order valence-electron chi connectivity index (χ3n) is 2.10. The molecule has 1 saturated heterocycles. The molecule has 0 saturated carbocycles. The minimum absolute atomic E-state index is 0.336. The van der Waals surface area contributed by atoms with E-state index in [2.05, 4.69) is 0 Å². The molecule has 0 amide bonds. The van der Waals surface area contributed by atoms with Crippen molar-refractivity contribution in [2.45, 2.75) is 25.5 Å². The van der Waals surface area contributed by atoms with Gasteiger partial charge in [0.1, 0.15) is 6.04 Å². The van der Waals surface area contributed by atoms with E-state index in [1.165, 1.54) is 0 Å². The molecular formula is C7H13NO3. The van der Waals surface area contributed by atoms with E-state index in [1.807, 2.05) is 0 Å². The molecule has 1 rings (SSSR count). The van der Waals surface area contributed by atoms with Gasteiger partial charge >= 0.3 is 5.97 Å². The number of carbonyl (C=O) groups is 1. The summed E-state index contributed by atoms with van der Waals surface area (Å²) < 4.78 is 0. The number of carboxylic acids is 1. The number of likely N-dealkylation sites (tertiary alicyclic amines) is 1. The van der Waals surface area contributed by atoms with Gasteiger partial charge in [0.15, 0.2) is 0 Å². The van der Waals surface area contributed by atoms with Gasteiger partial charge in [-0.25, -0.2) is 0 Å². The first kappa shape index (κ1) is 8.49. The van der Waals surface area contributed by atoms with Crippen LogP contribution in [0.25, 0.3) is 0 Å². The monoisotopic (exact) mass is 159 g/mol. The van der Waals surface area contributed by atoms with Gasteiger partial charge in [0.05, 0.1) is 6.10 Å². The maximum absolute atomic E-state index is 10.5. The second-order valence-electron chi connectivity index (χ2n) is 2.95. The average molecular weight is 159 g/mol. The number of β-amino-alcohol motifs (C(OH)–C–C–N with tert-alkyl or cyclic N) is 1. The van der Waals surface area contributed by atoms with E-state index in [1.54, 1.807) is 11.8 Å². The molecule has 1 heterocycles. The fraction of sp³-hybridized carbons (Fsp3) is 0.857. The van der Waals surface area contributed by atoms with Crippen molar-refractivity contribution in [2.24, 2.45) is 0 Å². The Hall–Kier alpha value is -0.610. The number of aliphatic carboxylic acids is 1. The molecule has 0 aromatic rings. The van der Waals surface area contributed by atoms with Crippen molar-refractivity contribution < 1.29 is 15.0 Å². The van der Waals surface area contributed by atoms with Crippen LogP contribution in [0.1, 0.15) is 13.3 Å². The average Bonchev–Trinajstić information content (AvgIpc) is 2.34. The third-order valence-corrected chi connectivity index (χ3v) is 2.10. The molecule has 1 fully saturated rings. The Morgan fingerprint density at radius 1 is 1.73 bits per heavy atom. The lowest BCUT2D eigenvalue weighted by molar-refractivity contribution is -0.142. The molecule has 1 unspecified atom stereocenters. The molecule has 4 heteroatoms. The maximum atomic E-state index is 10.5. The largest absolute Gasteiger partial charge is 0.480 e. The number of hydrogen-bond acceptors (Lipinski definition) is 3. The Morgan fingerprint density at radius 3 is 2.73 bits per heavy atom. The Labute approximate surface area is 65.4 Å². The van der Waals surface area contributed by atoms with Crippen molar-refractivity contribution >= 4 is 5.97 Å². The zero-order valence-corrected chi connectivity index (χ0v) is 6.53. The highest BCUT2D eigenvalue weighted by Gasteiger charge is 2.27. The third kappa shape index (κ3) is 1.91. The van der Waals surface area contributed by atoms with E-state index in [0.717, 1.165) is 0 Å². The van der Waals surface area contributed by atoms with Gasteiger partial charge in [0.25, 0.3) is 0 Å². The molecule has 0 bridgehead atoms. The van der Waals surface area contributed by atoms with Crippen LogP contribution in [-0.4, -0.2) is 46.3 Å². The van der Waals surface area contributed by atoms with Gasteiger partial charge in [-0.1, -0.05) is 0 Å². The van der Waals surface area contributed by atoms with Crippen molar-refractivity contribution in [1.82, 2.24) is 4.90 Å². The van der Waals surface area contributed by atoms with Gasteiger partial charge in [-0.3, -0.25) is 9.69 Å². The lowest BCUT2D eigenvalue weighted by atomic mass is 10.3. The molecular weight excluding hydrogens is 146 g/mol. The van der Waals surface area contributed by atoms with E-state index in [0.29, 0.717) is 19.5 Å². The highest BCUT2D eigenvalue weighted by atomic mass is 16.4. The minimum Gasteiger partial charge on any atom is -0.480 e. The van der Waals surface area contributed by atoms with Gasteiger partial charge in [-0.15, -0.1) is 0 Å². The van der Waals surface area contributed by atoms with Crippen molar-refractivity contribution in [2.75, 3.05) is 13.1 Å². The summed E-state index contributed by atoms with van der Waals surface area (Å²) in [5, 5.41) is 17.7. The first-order valence-corrected chi connectivity index (χ1v) is 3.76. The molecule has 1 aliphatic rings. The van der Waals surface area contributed by atoms with Crippen molar-refractivity contribution in [3.05, 3.63) is 0 Å². The molecule has 4 nitrogen and oxygen atoms in total. The van der Waals surface area contributed by atoms with Crippen molar-refractivity contribution in [3.63, 3.8) is 0 Å². The summed E-state index contributed by atoms with van der Waals surface area (Å²) in [6.07, 6.45) is 0.356. The molecule has 0 aliphatic carbocycles. The number of hydrogen-bond donors (Lipinski definition) is 2. The van der Waals surface area contributed by atoms with E-state index in [9.17, 15) is 4.79 Å². The van der Waals surface area contributed by atoms with Crippen LogP contribution in [0.4, 0.5) is 0 Å².